The van der Waals surface area contributed by atoms with Crippen molar-refractivity contribution in [3.05, 3.63) is 50.6 Å². The van der Waals surface area contributed by atoms with Gasteiger partial charge in [-0.25, -0.2) is 9.37 Å². The van der Waals surface area contributed by atoms with Crippen molar-refractivity contribution in [2.45, 2.75) is 19.8 Å². The number of aromatic amines is 1. The van der Waals surface area contributed by atoms with Crippen molar-refractivity contribution < 1.29 is 4.39 Å². The van der Waals surface area contributed by atoms with E-state index in [0.29, 0.717) is 28.0 Å². The number of rotatable bonds is 3. The molecule has 0 aliphatic rings. The van der Waals surface area contributed by atoms with Gasteiger partial charge in [0.25, 0.3) is 5.56 Å². The van der Waals surface area contributed by atoms with Crippen molar-refractivity contribution in [2.75, 3.05) is 0 Å². The summed E-state index contributed by atoms with van der Waals surface area (Å²) in [5.41, 5.74) is 1.02. The second-order valence-corrected chi connectivity index (χ2v) is 4.73. The Bertz CT molecular complexity index is 625. The zero-order valence-corrected chi connectivity index (χ0v) is 11.4. The van der Waals surface area contributed by atoms with Crippen molar-refractivity contribution in [2.24, 2.45) is 0 Å². The number of halogens is 2. The lowest BCUT2D eigenvalue weighted by atomic mass is 10.2. The maximum absolute atomic E-state index is 13.2. The lowest BCUT2D eigenvalue weighted by Crippen LogP contribution is -2.13. The molecule has 0 saturated heterocycles. The summed E-state index contributed by atoms with van der Waals surface area (Å²) in [6, 6.07) is 6.01. The minimum Gasteiger partial charge on any atom is -0.306 e. The first-order chi connectivity index (χ1) is 8.61. The molecule has 0 radical (unpaired) electrons. The molecule has 1 heterocycles. The standard InChI is InChI=1S/C13H12BrFN2O/c1-2-4-10-11(14)13(18)17-12(16-10)8-5-3-6-9(15)7-8/h3,5-7H,2,4H2,1H3,(H,16,17,18). The molecule has 0 fully saturated rings. The van der Waals surface area contributed by atoms with Crippen molar-refractivity contribution in [1.29, 1.82) is 0 Å². The Labute approximate surface area is 112 Å². The number of nitrogens with zero attached hydrogens (tertiary/aromatic N) is 1. The van der Waals surface area contributed by atoms with E-state index in [0.717, 1.165) is 6.42 Å². The van der Waals surface area contributed by atoms with Crippen molar-refractivity contribution in [1.82, 2.24) is 9.97 Å². The Balaban J connectivity index is 2.55. The predicted octanol–water partition coefficient (Wildman–Crippen LogP) is 3.29. The van der Waals surface area contributed by atoms with Crippen LogP contribution < -0.4 is 5.56 Å². The van der Waals surface area contributed by atoms with Crippen LogP contribution in [-0.2, 0) is 6.42 Å². The molecule has 2 aromatic rings. The first-order valence-electron chi connectivity index (χ1n) is 5.66. The quantitative estimate of drug-likeness (QED) is 0.945. The summed E-state index contributed by atoms with van der Waals surface area (Å²) in [7, 11) is 0. The van der Waals surface area contributed by atoms with Gasteiger partial charge in [0.15, 0.2) is 0 Å². The normalized spacial score (nSPS) is 10.6. The van der Waals surface area contributed by atoms with Crippen LogP contribution in [0, 0.1) is 5.82 Å². The SMILES string of the molecule is CCCc1nc(-c2cccc(F)c2)[nH]c(=O)c1Br. The Morgan fingerprint density at radius 3 is 2.89 bits per heavy atom. The van der Waals surface area contributed by atoms with Gasteiger partial charge in [-0.3, -0.25) is 4.79 Å². The van der Waals surface area contributed by atoms with Crippen molar-refractivity contribution in [3.8, 4) is 11.4 Å². The van der Waals surface area contributed by atoms with Crippen LogP contribution in [0.5, 0.6) is 0 Å². The van der Waals surface area contributed by atoms with E-state index in [1.807, 2.05) is 6.92 Å². The van der Waals surface area contributed by atoms with Gasteiger partial charge in [0.1, 0.15) is 16.1 Å². The third-order valence-electron chi connectivity index (χ3n) is 2.52. The maximum atomic E-state index is 13.2. The lowest BCUT2D eigenvalue weighted by Gasteiger charge is -2.06. The van der Waals surface area contributed by atoms with E-state index in [1.54, 1.807) is 12.1 Å². The fourth-order valence-electron chi connectivity index (χ4n) is 1.68. The second-order valence-electron chi connectivity index (χ2n) is 3.94. The highest BCUT2D eigenvalue weighted by Crippen LogP contribution is 2.18. The van der Waals surface area contributed by atoms with E-state index < -0.39 is 0 Å². The van der Waals surface area contributed by atoms with Gasteiger partial charge in [-0.1, -0.05) is 25.5 Å². The second kappa shape index (κ2) is 5.44. The molecule has 0 saturated carbocycles. The van der Waals surface area contributed by atoms with E-state index in [4.69, 9.17) is 0 Å². The third-order valence-corrected chi connectivity index (χ3v) is 3.33. The maximum Gasteiger partial charge on any atom is 0.265 e. The molecule has 0 amide bonds. The van der Waals surface area contributed by atoms with Gasteiger partial charge in [0, 0.05) is 5.56 Å². The van der Waals surface area contributed by atoms with Crippen molar-refractivity contribution in [3.63, 3.8) is 0 Å². The fraction of sp³-hybridized carbons (Fsp3) is 0.231. The Hall–Kier alpha value is -1.49. The Morgan fingerprint density at radius 1 is 1.44 bits per heavy atom. The van der Waals surface area contributed by atoms with Crippen LogP contribution in [0.15, 0.2) is 33.5 Å². The van der Waals surface area contributed by atoms with Gasteiger partial charge in [0.05, 0.1) is 5.69 Å². The molecule has 0 aliphatic heterocycles. The average molecular weight is 311 g/mol. The molecule has 0 spiro atoms. The molecule has 0 unspecified atom stereocenters. The number of benzene rings is 1. The molecule has 0 atom stereocenters. The molecule has 94 valence electrons. The number of aryl methyl sites for hydroxylation is 1. The fourth-order valence-corrected chi connectivity index (χ4v) is 2.07. The highest BCUT2D eigenvalue weighted by molar-refractivity contribution is 9.10. The smallest absolute Gasteiger partial charge is 0.265 e. The monoisotopic (exact) mass is 310 g/mol. The lowest BCUT2D eigenvalue weighted by molar-refractivity contribution is 0.628. The first-order valence-corrected chi connectivity index (χ1v) is 6.45. The summed E-state index contributed by atoms with van der Waals surface area (Å²) in [5.74, 6) is 0.0428. The summed E-state index contributed by atoms with van der Waals surface area (Å²) in [6.07, 6.45) is 1.59. The molecule has 5 heteroatoms. The number of hydrogen-bond acceptors (Lipinski definition) is 2. The van der Waals surface area contributed by atoms with Gasteiger partial charge in [-0.05, 0) is 34.5 Å². The van der Waals surface area contributed by atoms with E-state index in [9.17, 15) is 9.18 Å². The predicted molar refractivity (Wildman–Crippen MR) is 71.9 cm³/mol. The summed E-state index contributed by atoms with van der Waals surface area (Å²) < 4.78 is 13.6. The molecule has 1 aromatic heterocycles. The molecule has 18 heavy (non-hydrogen) atoms. The minimum absolute atomic E-state index is 0.243. The molecule has 0 aliphatic carbocycles. The van der Waals surface area contributed by atoms with E-state index in [1.165, 1.54) is 12.1 Å². The van der Waals surface area contributed by atoms with Gasteiger partial charge >= 0.3 is 0 Å². The third kappa shape index (κ3) is 2.67. The minimum atomic E-state index is -0.352. The van der Waals surface area contributed by atoms with Crippen LogP contribution in [0.4, 0.5) is 4.39 Å². The summed E-state index contributed by atoms with van der Waals surface area (Å²) in [6.45, 7) is 2.01. The molecular formula is C13H12BrFN2O. The molecule has 1 N–H and O–H groups in total. The van der Waals surface area contributed by atoms with E-state index in [-0.39, 0.29) is 11.4 Å². The molecule has 1 aromatic carbocycles. The van der Waals surface area contributed by atoms with E-state index in [2.05, 4.69) is 25.9 Å². The Kier molecular flexibility index (Phi) is 3.91. The summed E-state index contributed by atoms with van der Waals surface area (Å²) in [5, 5.41) is 0. The highest BCUT2D eigenvalue weighted by atomic mass is 79.9. The summed E-state index contributed by atoms with van der Waals surface area (Å²) >= 11 is 3.22. The molecular weight excluding hydrogens is 299 g/mol. The van der Waals surface area contributed by atoms with Gasteiger partial charge in [-0.15, -0.1) is 0 Å². The number of aromatic nitrogens is 2. The number of nitrogens with one attached hydrogen (secondary N) is 1. The zero-order chi connectivity index (χ0) is 13.1. The molecule has 0 bridgehead atoms. The van der Waals surface area contributed by atoms with E-state index >= 15 is 0 Å². The van der Waals surface area contributed by atoms with Crippen molar-refractivity contribution >= 4 is 15.9 Å². The number of hydrogen-bond donors (Lipinski definition) is 1. The zero-order valence-electron chi connectivity index (χ0n) is 9.84. The van der Waals surface area contributed by atoms with Crippen LogP contribution in [0.2, 0.25) is 0 Å². The highest BCUT2D eigenvalue weighted by Gasteiger charge is 2.10. The first kappa shape index (κ1) is 13.0. The topological polar surface area (TPSA) is 45.8 Å². The van der Waals surface area contributed by atoms with Crippen LogP contribution >= 0.6 is 15.9 Å². The molecule has 2 rings (SSSR count). The number of H-pyrrole nitrogens is 1. The molecule has 3 nitrogen and oxygen atoms in total. The van der Waals surface area contributed by atoms with Crippen LogP contribution in [0.25, 0.3) is 11.4 Å². The Morgan fingerprint density at radius 2 is 2.22 bits per heavy atom. The summed E-state index contributed by atoms with van der Waals surface area (Å²) in [4.78, 5) is 18.8. The van der Waals surface area contributed by atoms with Crippen LogP contribution in [0.1, 0.15) is 19.0 Å². The van der Waals surface area contributed by atoms with Gasteiger partial charge < -0.3 is 4.98 Å². The van der Waals surface area contributed by atoms with Crippen LogP contribution in [0.3, 0.4) is 0 Å². The van der Waals surface area contributed by atoms with Crippen LogP contribution in [-0.4, -0.2) is 9.97 Å². The van der Waals surface area contributed by atoms with Gasteiger partial charge in [0.2, 0.25) is 0 Å². The average Bonchev–Trinajstić information content (AvgIpc) is 2.35. The van der Waals surface area contributed by atoms with Gasteiger partial charge in [-0.2, -0.15) is 0 Å². The largest absolute Gasteiger partial charge is 0.306 e.